The van der Waals surface area contributed by atoms with E-state index in [2.05, 4.69) is 20.9 Å². The lowest BCUT2D eigenvalue weighted by Crippen LogP contribution is -2.25. The summed E-state index contributed by atoms with van der Waals surface area (Å²) >= 11 is 9.57. The number of fused-ring (bicyclic) bond motifs is 1. The van der Waals surface area contributed by atoms with E-state index in [-0.39, 0.29) is 5.97 Å². The molecule has 0 saturated heterocycles. The van der Waals surface area contributed by atoms with E-state index >= 15 is 0 Å². The molecular weight excluding hydrogens is 342 g/mol. The van der Waals surface area contributed by atoms with Crippen LogP contribution in [0.5, 0.6) is 5.75 Å². The van der Waals surface area contributed by atoms with Crippen molar-refractivity contribution >= 4 is 44.4 Å². The van der Waals surface area contributed by atoms with Crippen molar-refractivity contribution < 1.29 is 9.53 Å². The van der Waals surface area contributed by atoms with Crippen LogP contribution in [-0.2, 0) is 11.2 Å². The molecule has 0 amide bonds. The maximum Gasteiger partial charge on any atom is 0.316 e. The van der Waals surface area contributed by atoms with Gasteiger partial charge < -0.3 is 9.72 Å². The molecule has 0 radical (unpaired) electrons. The van der Waals surface area contributed by atoms with Crippen LogP contribution in [0.25, 0.3) is 10.9 Å². The molecule has 5 heteroatoms. The summed E-state index contributed by atoms with van der Waals surface area (Å²) in [5, 5.41) is 2.32. The van der Waals surface area contributed by atoms with E-state index < -0.39 is 5.41 Å². The second-order valence-corrected chi connectivity index (χ2v) is 6.95. The van der Waals surface area contributed by atoms with Crippen molar-refractivity contribution in [2.45, 2.75) is 27.2 Å². The van der Waals surface area contributed by atoms with Gasteiger partial charge in [0.25, 0.3) is 0 Å². The molecule has 0 saturated carbocycles. The number of carbonyl (C=O) groups is 1. The quantitative estimate of drug-likeness (QED) is 0.638. The molecule has 0 aliphatic carbocycles. The molecule has 108 valence electrons. The molecule has 0 aliphatic heterocycles. The van der Waals surface area contributed by atoms with Crippen LogP contribution in [0.15, 0.2) is 18.3 Å². The van der Waals surface area contributed by atoms with Crippen molar-refractivity contribution in [1.82, 2.24) is 4.98 Å². The van der Waals surface area contributed by atoms with Gasteiger partial charge in [0.2, 0.25) is 0 Å². The smallest absolute Gasteiger partial charge is 0.316 e. The lowest BCUT2D eigenvalue weighted by atomic mass is 9.97. The average Bonchev–Trinajstić information content (AvgIpc) is 2.71. The van der Waals surface area contributed by atoms with Gasteiger partial charge in [0.05, 0.1) is 10.9 Å². The number of ether oxygens (including phenoxy) is 1. The van der Waals surface area contributed by atoms with Gasteiger partial charge >= 0.3 is 5.97 Å². The summed E-state index contributed by atoms with van der Waals surface area (Å²) in [7, 11) is 0. The predicted octanol–water partition coefficient (Wildman–Crippen LogP) is 4.71. The number of halogens is 2. The van der Waals surface area contributed by atoms with Gasteiger partial charge in [-0.2, -0.15) is 0 Å². The number of rotatable bonds is 3. The van der Waals surface area contributed by atoms with E-state index in [1.54, 1.807) is 6.20 Å². The monoisotopic (exact) mass is 357 g/mol. The first-order valence-electron chi connectivity index (χ1n) is 6.40. The zero-order chi connectivity index (χ0) is 14.9. The van der Waals surface area contributed by atoms with Crippen LogP contribution in [0.3, 0.4) is 0 Å². The van der Waals surface area contributed by atoms with Crippen LogP contribution >= 0.6 is 27.5 Å². The highest BCUT2D eigenvalue weighted by Gasteiger charge is 2.25. The molecule has 0 unspecified atom stereocenters. The van der Waals surface area contributed by atoms with Crippen molar-refractivity contribution in [3.8, 4) is 5.75 Å². The number of esters is 1. The summed E-state index contributed by atoms with van der Waals surface area (Å²) < 4.78 is 5.48. The second-order valence-electron chi connectivity index (χ2n) is 5.72. The van der Waals surface area contributed by atoms with Gasteiger partial charge in [-0.05, 0) is 44.9 Å². The first kappa shape index (κ1) is 15.4. The van der Waals surface area contributed by atoms with Gasteiger partial charge in [-0.1, -0.05) is 27.5 Å². The molecule has 2 aromatic rings. The molecule has 0 aliphatic rings. The van der Waals surface area contributed by atoms with Gasteiger partial charge in [-0.25, -0.2) is 0 Å². The van der Waals surface area contributed by atoms with Crippen molar-refractivity contribution in [3.63, 3.8) is 0 Å². The van der Waals surface area contributed by atoms with Crippen LogP contribution in [0.4, 0.5) is 0 Å². The Hall–Kier alpha value is -1.00. The van der Waals surface area contributed by atoms with E-state index in [0.717, 1.165) is 28.2 Å². The SMILES string of the molecule is CC(C)(C)C(=O)Oc1c[nH]c2c(CCBr)cc(Cl)cc12. The minimum absolute atomic E-state index is 0.264. The van der Waals surface area contributed by atoms with E-state index in [1.165, 1.54) is 0 Å². The van der Waals surface area contributed by atoms with Gasteiger partial charge in [0, 0.05) is 21.9 Å². The molecule has 1 aromatic carbocycles. The molecule has 3 nitrogen and oxygen atoms in total. The zero-order valence-corrected chi connectivity index (χ0v) is 14.1. The predicted molar refractivity (Wildman–Crippen MR) is 85.9 cm³/mol. The Labute approximate surface area is 131 Å². The maximum absolute atomic E-state index is 12.0. The van der Waals surface area contributed by atoms with Gasteiger partial charge in [0.15, 0.2) is 5.75 Å². The minimum Gasteiger partial charge on any atom is -0.424 e. The first-order valence-corrected chi connectivity index (χ1v) is 7.90. The zero-order valence-electron chi connectivity index (χ0n) is 11.7. The largest absolute Gasteiger partial charge is 0.424 e. The third-order valence-corrected chi connectivity index (χ3v) is 3.59. The number of alkyl halides is 1. The van der Waals surface area contributed by atoms with Crippen molar-refractivity contribution in [2.24, 2.45) is 5.41 Å². The summed E-state index contributed by atoms with van der Waals surface area (Å²) in [6.07, 6.45) is 2.56. The Kier molecular flexibility index (Phi) is 4.45. The number of nitrogens with one attached hydrogen (secondary N) is 1. The molecule has 0 bridgehead atoms. The summed E-state index contributed by atoms with van der Waals surface area (Å²) in [6, 6.07) is 3.74. The normalized spacial score (nSPS) is 11.8. The van der Waals surface area contributed by atoms with Crippen molar-refractivity contribution in [3.05, 3.63) is 28.9 Å². The molecule has 20 heavy (non-hydrogen) atoms. The lowest BCUT2D eigenvalue weighted by Gasteiger charge is -2.15. The highest BCUT2D eigenvalue weighted by atomic mass is 79.9. The number of aryl methyl sites for hydroxylation is 1. The van der Waals surface area contributed by atoms with E-state index in [1.807, 2.05) is 32.9 Å². The van der Waals surface area contributed by atoms with E-state index in [4.69, 9.17) is 16.3 Å². The minimum atomic E-state index is -0.541. The summed E-state index contributed by atoms with van der Waals surface area (Å²) in [5.41, 5.74) is 1.52. The van der Waals surface area contributed by atoms with Crippen LogP contribution in [0, 0.1) is 5.41 Å². The molecular formula is C15H17BrClNO2. The third kappa shape index (κ3) is 3.18. The molecule has 0 spiro atoms. The topological polar surface area (TPSA) is 42.1 Å². The number of benzene rings is 1. The highest BCUT2D eigenvalue weighted by Crippen LogP contribution is 2.32. The standard InChI is InChI=1S/C15H17BrClNO2/c1-15(2,3)14(19)20-12-8-18-13-9(4-5-16)6-10(17)7-11(12)13/h6-8,18H,4-5H2,1-3H3. The summed E-state index contributed by atoms with van der Waals surface area (Å²) in [5.74, 6) is 0.263. The fourth-order valence-electron chi connectivity index (χ4n) is 1.88. The van der Waals surface area contributed by atoms with Crippen molar-refractivity contribution in [2.75, 3.05) is 5.33 Å². The van der Waals surface area contributed by atoms with Gasteiger partial charge in [0.1, 0.15) is 0 Å². The number of hydrogen-bond acceptors (Lipinski definition) is 2. The number of aromatic amines is 1. The highest BCUT2D eigenvalue weighted by molar-refractivity contribution is 9.09. The Morgan fingerprint density at radius 3 is 2.70 bits per heavy atom. The van der Waals surface area contributed by atoms with Crippen molar-refractivity contribution in [1.29, 1.82) is 0 Å². The average molecular weight is 359 g/mol. The number of aromatic nitrogens is 1. The lowest BCUT2D eigenvalue weighted by molar-refractivity contribution is -0.142. The number of H-pyrrole nitrogens is 1. The Morgan fingerprint density at radius 1 is 1.40 bits per heavy atom. The molecule has 2 rings (SSSR count). The summed E-state index contributed by atoms with van der Waals surface area (Å²) in [6.45, 7) is 5.48. The third-order valence-electron chi connectivity index (χ3n) is 2.98. The van der Waals surface area contributed by atoms with Crippen LogP contribution in [-0.4, -0.2) is 16.3 Å². The van der Waals surface area contributed by atoms with Gasteiger partial charge in [-0.15, -0.1) is 0 Å². The fraction of sp³-hybridized carbons (Fsp3) is 0.400. The molecule has 0 fully saturated rings. The Bertz CT molecular complexity index is 643. The number of hydrogen-bond donors (Lipinski definition) is 1. The first-order chi connectivity index (χ1) is 9.32. The van der Waals surface area contributed by atoms with Crippen LogP contribution < -0.4 is 4.74 Å². The Morgan fingerprint density at radius 2 is 2.10 bits per heavy atom. The van der Waals surface area contributed by atoms with Gasteiger partial charge in [-0.3, -0.25) is 4.79 Å². The second kappa shape index (κ2) is 5.78. The Balaban J connectivity index is 2.44. The fourth-order valence-corrected chi connectivity index (χ4v) is 2.55. The van der Waals surface area contributed by atoms with Crippen LogP contribution in [0.1, 0.15) is 26.3 Å². The molecule has 1 heterocycles. The van der Waals surface area contributed by atoms with Crippen LogP contribution in [0.2, 0.25) is 5.02 Å². The van der Waals surface area contributed by atoms with E-state index in [9.17, 15) is 4.79 Å². The molecule has 1 aromatic heterocycles. The summed E-state index contributed by atoms with van der Waals surface area (Å²) in [4.78, 5) is 15.2. The molecule has 1 N–H and O–H groups in total. The number of carbonyl (C=O) groups excluding carboxylic acids is 1. The van der Waals surface area contributed by atoms with E-state index in [0.29, 0.717) is 10.8 Å². The maximum atomic E-state index is 12.0. The molecule has 0 atom stereocenters.